The van der Waals surface area contributed by atoms with E-state index in [4.69, 9.17) is 5.73 Å². The molecule has 1 atom stereocenters. The van der Waals surface area contributed by atoms with Crippen LogP contribution in [-0.2, 0) is 0 Å². The quantitative estimate of drug-likeness (QED) is 0.726. The summed E-state index contributed by atoms with van der Waals surface area (Å²) in [5.41, 5.74) is 8.20. The molecule has 2 nitrogen and oxygen atoms in total. The van der Waals surface area contributed by atoms with Crippen molar-refractivity contribution in [3.8, 4) is 0 Å². The number of rotatable bonds is 2. The second-order valence-electron chi connectivity index (χ2n) is 3.45. The zero-order chi connectivity index (χ0) is 9.14. The van der Waals surface area contributed by atoms with Crippen molar-refractivity contribution in [2.75, 3.05) is 0 Å². The molecule has 1 rings (SSSR count). The normalized spacial score (nSPS) is 13.4. The van der Waals surface area contributed by atoms with E-state index in [1.54, 1.807) is 6.20 Å². The first-order valence-electron chi connectivity index (χ1n) is 4.30. The highest BCUT2D eigenvalue weighted by atomic mass is 14.7. The molecule has 0 fully saturated rings. The summed E-state index contributed by atoms with van der Waals surface area (Å²) in [5, 5.41) is 0. The van der Waals surface area contributed by atoms with Crippen LogP contribution in [0.15, 0.2) is 18.3 Å². The lowest BCUT2D eigenvalue weighted by Gasteiger charge is -2.17. The van der Waals surface area contributed by atoms with Gasteiger partial charge in [-0.2, -0.15) is 0 Å². The van der Waals surface area contributed by atoms with Crippen molar-refractivity contribution in [3.05, 3.63) is 29.6 Å². The molecule has 0 amide bonds. The van der Waals surface area contributed by atoms with Gasteiger partial charge < -0.3 is 5.73 Å². The Morgan fingerprint density at radius 2 is 2.08 bits per heavy atom. The van der Waals surface area contributed by atoms with Gasteiger partial charge in [0.25, 0.3) is 0 Å². The van der Waals surface area contributed by atoms with Crippen LogP contribution < -0.4 is 5.73 Å². The molecule has 0 aromatic carbocycles. The van der Waals surface area contributed by atoms with Gasteiger partial charge in [0.05, 0.1) is 0 Å². The van der Waals surface area contributed by atoms with Gasteiger partial charge in [-0.05, 0) is 24.5 Å². The van der Waals surface area contributed by atoms with Crippen molar-refractivity contribution >= 4 is 0 Å². The Morgan fingerprint density at radius 1 is 1.42 bits per heavy atom. The van der Waals surface area contributed by atoms with Crippen molar-refractivity contribution < 1.29 is 0 Å². The molecule has 1 unspecified atom stereocenters. The fourth-order valence-corrected chi connectivity index (χ4v) is 1.21. The van der Waals surface area contributed by atoms with Gasteiger partial charge in [0.1, 0.15) is 0 Å². The Hall–Kier alpha value is -0.890. The topological polar surface area (TPSA) is 38.9 Å². The van der Waals surface area contributed by atoms with E-state index in [0.29, 0.717) is 5.92 Å². The first-order valence-corrected chi connectivity index (χ1v) is 4.30. The van der Waals surface area contributed by atoms with Crippen LogP contribution in [0.1, 0.15) is 31.1 Å². The molecule has 66 valence electrons. The monoisotopic (exact) mass is 164 g/mol. The summed E-state index contributed by atoms with van der Waals surface area (Å²) in [6, 6.07) is 4.09. The first kappa shape index (κ1) is 9.20. The molecule has 1 aromatic rings. The maximum Gasteiger partial charge on any atom is 0.0420 e. The average molecular weight is 164 g/mol. The van der Waals surface area contributed by atoms with E-state index in [2.05, 4.69) is 18.8 Å². The van der Waals surface area contributed by atoms with Crippen LogP contribution in [0.5, 0.6) is 0 Å². The molecular formula is C10H16N2. The first-order chi connectivity index (χ1) is 5.63. The van der Waals surface area contributed by atoms with E-state index in [-0.39, 0.29) is 6.04 Å². The van der Waals surface area contributed by atoms with Crippen molar-refractivity contribution in [2.45, 2.75) is 26.8 Å². The van der Waals surface area contributed by atoms with Gasteiger partial charge in [0.15, 0.2) is 0 Å². The van der Waals surface area contributed by atoms with Crippen LogP contribution in [0.25, 0.3) is 0 Å². The molecule has 0 saturated heterocycles. The molecule has 2 heteroatoms. The molecule has 2 N–H and O–H groups in total. The Morgan fingerprint density at radius 3 is 2.58 bits per heavy atom. The summed E-state index contributed by atoms with van der Waals surface area (Å²) in [6.45, 7) is 6.24. The zero-order valence-electron chi connectivity index (χ0n) is 7.91. The Bertz CT molecular complexity index is 256. The van der Waals surface area contributed by atoms with Gasteiger partial charge in [0.2, 0.25) is 0 Å². The van der Waals surface area contributed by atoms with E-state index >= 15 is 0 Å². The van der Waals surface area contributed by atoms with Crippen LogP contribution in [0, 0.1) is 12.8 Å². The number of hydrogen-bond acceptors (Lipinski definition) is 2. The van der Waals surface area contributed by atoms with Gasteiger partial charge >= 0.3 is 0 Å². The SMILES string of the molecule is Cc1ncccc1C(N)C(C)C. The lowest BCUT2D eigenvalue weighted by molar-refractivity contribution is 0.510. The molecule has 1 aromatic heterocycles. The highest BCUT2D eigenvalue weighted by Gasteiger charge is 2.12. The minimum Gasteiger partial charge on any atom is -0.324 e. The van der Waals surface area contributed by atoms with E-state index in [1.165, 1.54) is 0 Å². The summed E-state index contributed by atoms with van der Waals surface area (Å²) < 4.78 is 0. The number of aromatic nitrogens is 1. The fourth-order valence-electron chi connectivity index (χ4n) is 1.21. The van der Waals surface area contributed by atoms with E-state index in [0.717, 1.165) is 11.3 Å². The highest BCUT2D eigenvalue weighted by molar-refractivity contribution is 5.22. The maximum absolute atomic E-state index is 6.00. The lowest BCUT2D eigenvalue weighted by Crippen LogP contribution is -2.18. The Kier molecular flexibility index (Phi) is 2.82. The number of hydrogen-bond donors (Lipinski definition) is 1. The number of aryl methyl sites for hydroxylation is 1. The molecule has 12 heavy (non-hydrogen) atoms. The van der Waals surface area contributed by atoms with Crippen LogP contribution in [-0.4, -0.2) is 4.98 Å². The molecule has 1 heterocycles. The Balaban J connectivity index is 2.94. The van der Waals surface area contributed by atoms with E-state index in [9.17, 15) is 0 Å². The second kappa shape index (κ2) is 3.68. The van der Waals surface area contributed by atoms with Gasteiger partial charge in [-0.15, -0.1) is 0 Å². The van der Waals surface area contributed by atoms with Crippen molar-refractivity contribution in [1.82, 2.24) is 4.98 Å². The fraction of sp³-hybridized carbons (Fsp3) is 0.500. The molecule has 0 bridgehead atoms. The summed E-state index contributed by atoms with van der Waals surface area (Å²) in [4.78, 5) is 4.20. The summed E-state index contributed by atoms with van der Waals surface area (Å²) in [5.74, 6) is 0.466. The van der Waals surface area contributed by atoms with Gasteiger partial charge in [0, 0.05) is 17.9 Å². The molecule has 0 radical (unpaired) electrons. The van der Waals surface area contributed by atoms with Gasteiger partial charge in [-0.25, -0.2) is 0 Å². The standard InChI is InChI=1S/C10H16N2/c1-7(2)10(11)9-5-4-6-12-8(9)3/h4-7,10H,11H2,1-3H3. The summed E-state index contributed by atoms with van der Waals surface area (Å²) in [6.07, 6.45) is 1.80. The molecule has 0 spiro atoms. The number of nitrogens with zero attached hydrogens (tertiary/aromatic N) is 1. The third-order valence-electron chi connectivity index (χ3n) is 2.13. The molecule has 0 aliphatic carbocycles. The van der Waals surface area contributed by atoms with Gasteiger partial charge in [-0.3, -0.25) is 4.98 Å². The molecule has 0 aliphatic heterocycles. The smallest absolute Gasteiger partial charge is 0.0420 e. The second-order valence-corrected chi connectivity index (χ2v) is 3.45. The van der Waals surface area contributed by atoms with Crippen molar-refractivity contribution in [3.63, 3.8) is 0 Å². The minimum absolute atomic E-state index is 0.110. The van der Waals surface area contributed by atoms with Crippen molar-refractivity contribution in [1.29, 1.82) is 0 Å². The van der Waals surface area contributed by atoms with Crippen LogP contribution in [0.3, 0.4) is 0 Å². The predicted molar refractivity (Wildman–Crippen MR) is 50.7 cm³/mol. The minimum atomic E-state index is 0.110. The third kappa shape index (κ3) is 1.83. The third-order valence-corrected chi connectivity index (χ3v) is 2.13. The van der Waals surface area contributed by atoms with Crippen molar-refractivity contribution in [2.24, 2.45) is 11.7 Å². The number of pyridine rings is 1. The molecule has 0 aliphatic rings. The largest absolute Gasteiger partial charge is 0.324 e. The van der Waals surface area contributed by atoms with Crippen LogP contribution >= 0.6 is 0 Å². The zero-order valence-corrected chi connectivity index (χ0v) is 7.91. The Labute approximate surface area is 73.8 Å². The highest BCUT2D eigenvalue weighted by Crippen LogP contribution is 2.19. The molecular weight excluding hydrogens is 148 g/mol. The van der Waals surface area contributed by atoms with Crippen LogP contribution in [0.2, 0.25) is 0 Å². The lowest BCUT2D eigenvalue weighted by atomic mass is 9.96. The molecule has 0 saturated carbocycles. The maximum atomic E-state index is 6.00. The van der Waals surface area contributed by atoms with E-state index < -0.39 is 0 Å². The number of nitrogens with two attached hydrogens (primary N) is 1. The summed E-state index contributed by atoms with van der Waals surface area (Å²) >= 11 is 0. The average Bonchev–Trinajstić information content (AvgIpc) is 2.04. The summed E-state index contributed by atoms with van der Waals surface area (Å²) in [7, 11) is 0. The van der Waals surface area contributed by atoms with Gasteiger partial charge in [-0.1, -0.05) is 19.9 Å². The van der Waals surface area contributed by atoms with E-state index in [1.807, 2.05) is 19.1 Å². The van der Waals surface area contributed by atoms with Crippen LogP contribution in [0.4, 0.5) is 0 Å². The predicted octanol–water partition coefficient (Wildman–Crippen LogP) is 2.05.